The number of benzene rings is 3. The SMILES string of the molecule is COc1cccc(N2C(=O)CS[C@H]2c2cccc(NC(=O)c3ccccc3F)c2)c1. The molecule has 0 aromatic heterocycles. The van der Waals surface area contributed by atoms with Crippen LogP contribution < -0.4 is 15.0 Å². The van der Waals surface area contributed by atoms with Gasteiger partial charge in [-0.1, -0.05) is 30.3 Å². The van der Waals surface area contributed by atoms with Gasteiger partial charge >= 0.3 is 0 Å². The van der Waals surface area contributed by atoms with Crippen LogP contribution in [0.15, 0.2) is 72.8 Å². The zero-order valence-corrected chi connectivity index (χ0v) is 17.0. The molecule has 1 atom stereocenters. The van der Waals surface area contributed by atoms with Crippen molar-refractivity contribution in [1.82, 2.24) is 0 Å². The van der Waals surface area contributed by atoms with Crippen molar-refractivity contribution >= 4 is 35.0 Å². The Morgan fingerprint density at radius 2 is 1.90 bits per heavy atom. The number of nitrogens with one attached hydrogen (secondary N) is 1. The maximum atomic E-state index is 13.9. The number of hydrogen-bond acceptors (Lipinski definition) is 4. The normalized spacial score (nSPS) is 15.9. The summed E-state index contributed by atoms with van der Waals surface area (Å²) in [7, 11) is 1.58. The van der Waals surface area contributed by atoms with Gasteiger partial charge in [-0.05, 0) is 42.0 Å². The van der Waals surface area contributed by atoms with E-state index in [0.717, 1.165) is 11.3 Å². The summed E-state index contributed by atoms with van der Waals surface area (Å²) in [6, 6.07) is 20.4. The van der Waals surface area contributed by atoms with Gasteiger partial charge in [0.05, 0.1) is 18.4 Å². The van der Waals surface area contributed by atoms with Crippen molar-refractivity contribution in [3.8, 4) is 5.75 Å². The van der Waals surface area contributed by atoms with Gasteiger partial charge in [0, 0.05) is 17.4 Å². The third kappa shape index (κ3) is 4.02. The Hall–Kier alpha value is -3.32. The number of amides is 2. The van der Waals surface area contributed by atoms with Crippen LogP contribution in [0, 0.1) is 5.82 Å². The largest absolute Gasteiger partial charge is 0.497 e. The first-order valence-corrected chi connectivity index (χ1v) is 10.4. The lowest BCUT2D eigenvalue weighted by atomic mass is 10.1. The maximum absolute atomic E-state index is 13.9. The molecule has 0 saturated carbocycles. The summed E-state index contributed by atoms with van der Waals surface area (Å²) >= 11 is 1.51. The second-order valence-electron chi connectivity index (χ2n) is 6.69. The molecule has 1 fully saturated rings. The molecule has 0 radical (unpaired) electrons. The van der Waals surface area contributed by atoms with E-state index in [1.54, 1.807) is 30.2 Å². The highest BCUT2D eigenvalue weighted by molar-refractivity contribution is 8.00. The molecule has 5 nitrogen and oxygen atoms in total. The zero-order chi connectivity index (χ0) is 21.1. The number of carbonyl (C=O) groups excluding carboxylic acids is 2. The fourth-order valence-electron chi connectivity index (χ4n) is 3.32. The highest BCUT2D eigenvalue weighted by atomic mass is 32.2. The molecule has 0 aliphatic carbocycles. The van der Waals surface area contributed by atoms with E-state index < -0.39 is 11.7 Å². The molecule has 2 amide bonds. The molecule has 1 N–H and O–H groups in total. The topological polar surface area (TPSA) is 58.6 Å². The van der Waals surface area contributed by atoms with Gasteiger partial charge in [-0.2, -0.15) is 0 Å². The van der Waals surface area contributed by atoms with E-state index in [1.807, 2.05) is 36.4 Å². The molecule has 0 spiro atoms. The molecule has 3 aromatic carbocycles. The minimum atomic E-state index is -0.577. The van der Waals surface area contributed by atoms with E-state index in [0.29, 0.717) is 17.2 Å². The smallest absolute Gasteiger partial charge is 0.258 e. The molecular formula is C23H19FN2O3S. The third-order valence-corrected chi connectivity index (χ3v) is 5.96. The number of rotatable bonds is 5. The molecule has 152 valence electrons. The van der Waals surface area contributed by atoms with Crippen LogP contribution in [0.25, 0.3) is 0 Å². The van der Waals surface area contributed by atoms with Crippen molar-refractivity contribution < 1.29 is 18.7 Å². The van der Waals surface area contributed by atoms with Gasteiger partial charge in [0.1, 0.15) is 16.9 Å². The predicted octanol–water partition coefficient (Wildman–Crippen LogP) is 4.87. The Balaban J connectivity index is 1.60. The van der Waals surface area contributed by atoms with Crippen LogP contribution >= 0.6 is 11.8 Å². The lowest BCUT2D eigenvalue weighted by Gasteiger charge is -2.25. The van der Waals surface area contributed by atoms with Crippen LogP contribution in [0.3, 0.4) is 0 Å². The fraction of sp³-hybridized carbons (Fsp3) is 0.130. The molecule has 1 saturated heterocycles. The van der Waals surface area contributed by atoms with Crippen molar-refractivity contribution in [2.45, 2.75) is 5.37 Å². The number of anilines is 2. The predicted molar refractivity (Wildman–Crippen MR) is 116 cm³/mol. The highest BCUT2D eigenvalue weighted by Crippen LogP contribution is 2.42. The number of hydrogen-bond donors (Lipinski definition) is 1. The summed E-state index contributed by atoms with van der Waals surface area (Å²) in [4.78, 5) is 26.8. The number of nitrogens with zero attached hydrogens (tertiary/aromatic N) is 1. The molecule has 3 aromatic rings. The van der Waals surface area contributed by atoms with Gasteiger partial charge in [0.15, 0.2) is 0 Å². The Kier molecular flexibility index (Phi) is 5.72. The van der Waals surface area contributed by atoms with E-state index in [1.165, 1.54) is 30.0 Å². The van der Waals surface area contributed by atoms with E-state index in [2.05, 4.69) is 5.32 Å². The first-order chi connectivity index (χ1) is 14.6. The number of ether oxygens (including phenoxy) is 1. The molecule has 1 heterocycles. The van der Waals surface area contributed by atoms with Crippen molar-refractivity contribution in [2.75, 3.05) is 23.1 Å². The lowest BCUT2D eigenvalue weighted by Crippen LogP contribution is -2.27. The Morgan fingerprint density at radius 1 is 1.10 bits per heavy atom. The van der Waals surface area contributed by atoms with Crippen LogP contribution in [0.4, 0.5) is 15.8 Å². The van der Waals surface area contributed by atoms with Gasteiger partial charge in [-0.3, -0.25) is 14.5 Å². The summed E-state index contributed by atoms with van der Waals surface area (Å²) in [6.45, 7) is 0. The van der Waals surface area contributed by atoms with Crippen LogP contribution in [-0.2, 0) is 4.79 Å². The molecule has 0 unspecified atom stereocenters. The molecule has 4 rings (SSSR count). The Morgan fingerprint density at radius 3 is 2.70 bits per heavy atom. The standard InChI is InChI=1S/C23H19FN2O3S/c1-29-18-9-5-8-17(13-18)26-21(27)14-30-23(26)15-6-4-7-16(12-15)25-22(28)19-10-2-3-11-20(19)24/h2-13,23H,14H2,1H3,(H,25,28)/t23-/m0/s1. The summed E-state index contributed by atoms with van der Waals surface area (Å²) in [5.41, 5.74) is 2.12. The second-order valence-corrected chi connectivity index (χ2v) is 7.76. The average Bonchev–Trinajstić information content (AvgIpc) is 3.15. The summed E-state index contributed by atoms with van der Waals surface area (Å²) in [5, 5.41) is 2.49. The maximum Gasteiger partial charge on any atom is 0.258 e. The van der Waals surface area contributed by atoms with Gasteiger partial charge in [0.25, 0.3) is 5.91 Å². The quantitative estimate of drug-likeness (QED) is 0.638. The van der Waals surface area contributed by atoms with Crippen LogP contribution in [0.5, 0.6) is 5.75 Å². The van der Waals surface area contributed by atoms with Crippen molar-refractivity contribution in [3.63, 3.8) is 0 Å². The second kappa shape index (κ2) is 8.59. The van der Waals surface area contributed by atoms with Crippen LogP contribution in [-0.4, -0.2) is 24.7 Å². The van der Waals surface area contributed by atoms with E-state index >= 15 is 0 Å². The number of thioether (sulfide) groups is 1. The van der Waals surface area contributed by atoms with Crippen molar-refractivity contribution in [2.24, 2.45) is 0 Å². The number of carbonyl (C=O) groups is 2. The molecule has 30 heavy (non-hydrogen) atoms. The first-order valence-electron chi connectivity index (χ1n) is 9.30. The van der Waals surface area contributed by atoms with Crippen molar-refractivity contribution in [3.05, 3.63) is 89.7 Å². The number of methoxy groups -OCH3 is 1. The molecule has 0 bridgehead atoms. The fourth-order valence-corrected chi connectivity index (χ4v) is 4.49. The minimum Gasteiger partial charge on any atom is -0.497 e. The highest BCUT2D eigenvalue weighted by Gasteiger charge is 2.34. The van der Waals surface area contributed by atoms with Gasteiger partial charge in [-0.15, -0.1) is 11.8 Å². The monoisotopic (exact) mass is 422 g/mol. The lowest BCUT2D eigenvalue weighted by molar-refractivity contribution is -0.115. The molecule has 1 aliphatic heterocycles. The molecule has 7 heteroatoms. The van der Waals surface area contributed by atoms with E-state index in [9.17, 15) is 14.0 Å². The summed E-state index contributed by atoms with van der Waals surface area (Å²) in [6.07, 6.45) is 0. The van der Waals surface area contributed by atoms with Gasteiger partial charge < -0.3 is 10.1 Å². The van der Waals surface area contributed by atoms with Crippen molar-refractivity contribution in [1.29, 1.82) is 0 Å². The van der Waals surface area contributed by atoms with Crippen LogP contribution in [0.1, 0.15) is 21.3 Å². The summed E-state index contributed by atoms with van der Waals surface area (Å²) < 4.78 is 19.2. The van der Waals surface area contributed by atoms with E-state index in [4.69, 9.17) is 4.74 Å². The first kappa shape index (κ1) is 20.0. The van der Waals surface area contributed by atoms with Gasteiger partial charge in [0.2, 0.25) is 5.91 Å². The minimum absolute atomic E-state index is 0.000881. The third-order valence-electron chi connectivity index (χ3n) is 4.75. The van der Waals surface area contributed by atoms with E-state index in [-0.39, 0.29) is 16.8 Å². The average molecular weight is 422 g/mol. The number of halogens is 1. The molecular weight excluding hydrogens is 403 g/mol. The Bertz CT molecular complexity index is 1110. The zero-order valence-electron chi connectivity index (χ0n) is 16.2. The van der Waals surface area contributed by atoms with Gasteiger partial charge in [-0.25, -0.2) is 4.39 Å². The summed E-state index contributed by atoms with van der Waals surface area (Å²) in [5.74, 6) is -0.0773. The van der Waals surface area contributed by atoms with Crippen LogP contribution in [0.2, 0.25) is 0 Å². The Labute approximate surface area is 177 Å². The molecule has 1 aliphatic rings.